The molecule has 0 bridgehead atoms. The second-order valence-corrected chi connectivity index (χ2v) is 25.7. The molecule has 18 rings (SSSR count). The maximum absolute atomic E-state index is 11.3. The molecular weight excluding hydrogens is 1720 g/mol. The quantitative estimate of drug-likeness (QED) is 0.0284. The third-order valence-electron chi connectivity index (χ3n) is 15.6. The minimum Gasteiger partial charge on any atom is -0.744 e. The molecule has 12 aromatic heterocycles. The van der Waals surface area contributed by atoms with Gasteiger partial charge in [-0.05, 0) is 91.0 Å². The van der Waals surface area contributed by atoms with Gasteiger partial charge in [0.2, 0.25) is 75.9 Å². The van der Waals surface area contributed by atoms with Crippen molar-refractivity contribution in [3.8, 4) is 143 Å². The molecule has 18 aromatic rings. The number of hydrogen-bond donors (Lipinski definition) is 5. The summed E-state index contributed by atoms with van der Waals surface area (Å²) in [6, 6.07) is 58.5. The largest absolute Gasteiger partial charge is 1.00 e. The predicted molar refractivity (Wildman–Crippen MR) is 429 cm³/mol. The molecule has 0 aliphatic carbocycles. The van der Waals surface area contributed by atoms with E-state index < -0.39 is 43.4 Å². The molecule has 2 amide bonds. The monoisotopic (exact) mass is 1770 g/mol. The van der Waals surface area contributed by atoms with Crippen molar-refractivity contribution in [1.82, 2.24) is 173 Å². The number of primary amides is 2. The van der Waals surface area contributed by atoms with Gasteiger partial charge in [-0.3, -0.25) is 49.3 Å². The molecule has 48 nitrogen and oxygen atoms in total. The van der Waals surface area contributed by atoms with E-state index in [0.29, 0.717) is 91.8 Å². The Bertz CT molecular complexity index is 6250. The van der Waals surface area contributed by atoms with Gasteiger partial charge < -0.3 is 25.9 Å². The van der Waals surface area contributed by atoms with E-state index in [2.05, 4.69) is 183 Å². The van der Waals surface area contributed by atoms with Crippen molar-refractivity contribution in [2.75, 3.05) is 0 Å². The summed E-state index contributed by atoms with van der Waals surface area (Å²) < 4.78 is 63.8. The standard InChI is InChI=1S/C16H12N6O2.C16H9N4O7S.C14H10N4.2C12H8N6.C6H4N10.2Na.O3S/c17-13(23)9-1-5-11(6-2-9)15-19-21-16(22-20-15)12-7-3-10(4-8-12)14(18)24;21-8-27-12-5-11(6-13(7-12)28(24,25)26)15-19-17-14(18-20-15)9-2-1-3-10(4-9)16(22)23;1-3-7-11(8-4-1)13-15-17-14(18-16-13)12-9-5-2-6-10-12;1-5-13-6-2-9(1)11-15-17-12(18-16-11)10-3-7-14-8-4-10;1-2-7-14-10(5-1)12-17-15-11(16-18-12)9-4-3-6-13-8-9;1-7-3(11-9-1)5-13-15-6(16-14-5)4-8-2-10-12-4;;;1-4(2)3/h1-8H,(H2,17,23)(H2,18,24);2-8H,(H,22,23)(H,24,25,26);1-10H;2*1-8H;1-2H,(H,7,9,11)(H,8,10,12);;;/q;-1;;;;;2*+1;/p-1. The van der Waals surface area contributed by atoms with Gasteiger partial charge in [0.1, 0.15) is 40.0 Å². The molecule has 0 saturated heterocycles. The van der Waals surface area contributed by atoms with Crippen molar-refractivity contribution in [2.45, 2.75) is 4.90 Å². The Labute approximate surface area is 764 Å². The third kappa shape index (κ3) is 27.4. The molecule has 0 saturated carbocycles. The number of aromatic carboxylic acids is 1. The van der Waals surface area contributed by atoms with Crippen LogP contribution in [0.2, 0.25) is 0 Å². The number of aromatic nitrogens is 34. The summed E-state index contributed by atoms with van der Waals surface area (Å²) in [5, 5.41) is 117. The zero-order chi connectivity index (χ0) is 88.4. The van der Waals surface area contributed by atoms with Crippen LogP contribution in [-0.4, -0.2) is 228 Å². The topological polar surface area (TPSA) is 702 Å². The second-order valence-electron chi connectivity index (χ2n) is 23.9. The van der Waals surface area contributed by atoms with Crippen molar-refractivity contribution in [3.05, 3.63) is 279 Å². The molecule has 0 atom stereocenters. The SMILES string of the molecule is NC(=O)c1ccc(-c2nnc(-c3ccc(C(N)=O)cc3)nn2)cc1.O=COc1cc(-c2nnc(-c3c[c-]cc(C(=O)O)c3)nn2)cc(S(=O)(=O)[O-])c1.O=S(=O)=O.[Na+].[Na+].c1cc(-c2nnc(-c3ccncc3)nn2)ccn1.c1ccc(-c2nnc(-c3ccccc3)nn2)cc1.c1ccc(-c2nnc(-c3cccnc3)nn2)nc1.c1n[nH]c(-c2nnc(-c3ncn[nH]3)nn2)n1. The van der Waals surface area contributed by atoms with E-state index in [9.17, 15) is 32.1 Å². The van der Waals surface area contributed by atoms with Gasteiger partial charge in [-0.2, -0.15) is 28.4 Å². The molecular formula is C76H50N36Na2O12S2. The minimum absolute atomic E-state index is 0. The van der Waals surface area contributed by atoms with Crippen LogP contribution in [0.15, 0.2) is 261 Å². The van der Waals surface area contributed by atoms with E-state index in [4.69, 9.17) is 29.2 Å². The minimum atomic E-state index is -4.84. The number of amides is 2. The first-order chi connectivity index (χ1) is 61.3. The average Bonchev–Trinajstić information content (AvgIpc) is 1.33. The van der Waals surface area contributed by atoms with E-state index in [1.807, 2.05) is 115 Å². The number of pyridine rings is 4. The van der Waals surface area contributed by atoms with Gasteiger partial charge in [-0.25, -0.2) is 18.4 Å². The first-order valence-electron chi connectivity index (χ1n) is 35.2. The Morgan fingerprint density at radius 3 is 1.09 bits per heavy atom. The summed E-state index contributed by atoms with van der Waals surface area (Å²) >= 11 is 0. The molecule has 0 unspecified atom stereocenters. The number of carbonyl (C=O) groups is 4. The first kappa shape index (κ1) is 93.5. The number of benzene rings is 6. The maximum Gasteiger partial charge on any atom is 1.00 e. The number of nitrogens with two attached hydrogens (primary N) is 2. The van der Waals surface area contributed by atoms with E-state index in [0.717, 1.165) is 39.9 Å². The van der Waals surface area contributed by atoms with Gasteiger partial charge >= 0.3 is 69.7 Å². The van der Waals surface area contributed by atoms with Gasteiger partial charge in [0.15, 0.2) is 11.6 Å². The van der Waals surface area contributed by atoms with Gasteiger partial charge in [0, 0.05) is 99.0 Å². The molecule has 7 N–H and O–H groups in total. The fraction of sp³-hybridized carbons (Fsp3) is 0. The number of ether oxygens (including phenoxy) is 1. The number of hydrogen-bond acceptors (Lipinski definition) is 43. The molecule has 6 aromatic carbocycles. The van der Waals surface area contributed by atoms with Crippen molar-refractivity contribution < 1.29 is 114 Å². The molecule has 128 heavy (non-hydrogen) atoms. The van der Waals surface area contributed by atoms with Gasteiger partial charge in [0.25, 0.3) is 12.4 Å². The van der Waals surface area contributed by atoms with Gasteiger partial charge in [0.05, 0.1) is 4.90 Å². The van der Waals surface area contributed by atoms with Crippen molar-refractivity contribution in [1.29, 1.82) is 0 Å². The Balaban J connectivity index is 0.000000159. The molecule has 0 aliphatic heterocycles. The molecule has 0 aliphatic rings. The van der Waals surface area contributed by atoms with E-state index in [1.165, 1.54) is 36.9 Å². The van der Waals surface area contributed by atoms with Crippen LogP contribution in [0.5, 0.6) is 5.75 Å². The molecule has 0 fully saturated rings. The van der Waals surface area contributed by atoms with Crippen LogP contribution in [-0.2, 0) is 25.5 Å². The van der Waals surface area contributed by atoms with Crippen molar-refractivity contribution in [2.24, 2.45) is 11.5 Å². The number of carboxylic acid groups (broad SMARTS) is 1. The number of rotatable bonds is 18. The van der Waals surface area contributed by atoms with Gasteiger partial charge in [-0.15, -0.1) is 141 Å². The fourth-order valence-electron chi connectivity index (χ4n) is 9.76. The maximum atomic E-state index is 11.3. The van der Waals surface area contributed by atoms with Gasteiger partial charge in [-0.1, -0.05) is 102 Å². The normalized spacial score (nSPS) is 10.2. The van der Waals surface area contributed by atoms with Crippen LogP contribution in [0.25, 0.3) is 137 Å². The fourth-order valence-corrected chi connectivity index (χ4v) is 10.3. The van der Waals surface area contributed by atoms with Crippen LogP contribution in [0.3, 0.4) is 0 Å². The Kier molecular flexibility index (Phi) is 34.4. The number of H-pyrrole nitrogens is 2. The summed E-state index contributed by atoms with van der Waals surface area (Å²) in [5.74, 6) is 2.35. The van der Waals surface area contributed by atoms with E-state index in [-0.39, 0.29) is 106 Å². The first-order valence-corrected chi connectivity index (χ1v) is 37.6. The number of aromatic amines is 2. The zero-order valence-corrected chi connectivity index (χ0v) is 71.2. The summed E-state index contributed by atoms with van der Waals surface area (Å²) in [5.41, 5.74) is 17.7. The Morgan fingerprint density at radius 2 is 0.734 bits per heavy atom. The third-order valence-corrected chi connectivity index (χ3v) is 16.5. The van der Waals surface area contributed by atoms with Crippen LogP contribution >= 0.6 is 0 Å². The van der Waals surface area contributed by atoms with Crippen LogP contribution < -0.4 is 75.3 Å². The molecule has 12 heterocycles. The van der Waals surface area contributed by atoms with Crippen molar-refractivity contribution >= 4 is 45.0 Å². The van der Waals surface area contributed by atoms with Crippen LogP contribution in [0.4, 0.5) is 0 Å². The average molecular weight is 1770 g/mol. The summed E-state index contributed by atoms with van der Waals surface area (Å²) in [6.45, 7) is 0.0622. The molecule has 52 heteroatoms. The molecule has 620 valence electrons. The number of nitrogens with one attached hydrogen (secondary N) is 2. The van der Waals surface area contributed by atoms with E-state index in [1.54, 1.807) is 91.9 Å². The number of carboxylic acids is 1. The summed E-state index contributed by atoms with van der Waals surface area (Å²) in [6.07, 6.45) is 14.4. The predicted octanol–water partition coefficient (Wildman–Crippen LogP) is -1.44. The van der Waals surface area contributed by atoms with E-state index >= 15 is 0 Å². The van der Waals surface area contributed by atoms with Crippen LogP contribution in [0, 0.1) is 6.07 Å². The summed E-state index contributed by atoms with van der Waals surface area (Å²) in [7, 11) is -7.95. The summed E-state index contributed by atoms with van der Waals surface area (Å²) in [4.78, 5) is 66.7. The molecule has 0 spiro atoms. The number of nitrogens with zero attached hydrogens (tertiary/aromatic N) is 32. The smallest absolute Gasteiger partial charge is 0.744 e. The second kappa shape index (κ2) is 47.0. The van der Waals surface area contributed by atoms with Crippen molar-refractivity contribution in [3.63, 3.8) is 0 Å². The van der Waals surface area contributed by atoms with Crippen LogP contribution in [0.1, 0.15) is 31.1 Å². The molecule has 0 radical (unpaired) electrons. The number of carbonyl (C=O) groups excluding carboxylic acids is 3. The Hall–Kier alpha value is -16.8. The Morgan fingerprint density at radius 1 is 0.375 bits per heavy atom. The zero-order valence-electron chi connectivity index (χ0n) is 65.5.